The van der Waals surface area contributed by atoms with E-state index in [4.69, 9.17) is 9.05 Å². The monoisotopic (exact) mass is 443 g/mol. The molecule has 1 aromatic carbocycles. The van der Waals surface area contributed by atoms with Crippen LogP contribution in [0.25, 0.3) is 11.4 Å². The third-order valence-electron chi connectivity index (χ3n) is 4.74. The molecule has 0 saturated carbocycles. The SMILES string of the molecule is Cc1cc(CNc2nccc(Nc3cc(CCc4nc(-c5ccccc5)no4)n[nH]3)n2)on1. The minimum Gasteiger partial charge on any atom is -0.359 e. The number of aromatic amines is 1. The fourth-order valence-electron chi connectivity index (χ4n) is 3.17. The van der Waals surface area contributed by atoms with Gasteiger partial charge in [-0.3, -0.25) is 5.10 Å². The van der Waals surface area contributed by atoms with Crippen molar-refractivity contribution in [2.75, 3.05) is 10.6 Å². The van der Waals surface area contributed by atoms with Gasteiger partial charge in [-0.2, -0.15) is 15.1 Å². The maximum absolute atomic E-state index is 5.36. The molecule has 0 amide bonds. The van der Waals surface area contributed by atoms with E-state index in [1.807, 2.05) is 49.4 Å². The fourth-order valence-corrected chi connectivity index (χ4v) is 3.17. The van der Waals surface area contributed by atoms with Crippen LogP contribution >= 0.6 is 0 Å². The number of anilines is 3. The number of nitrogens with zero attached hydrogens (tertiary/aromatic N) is 6. The van der Waals surface area contributed by atoms with Crippen molar-refractivity contribution in [1.82, 2.24) is 35.5 Å². The second-order valence-corrected chi connectivity index (χ2v) is 7.33. The van der Waals surface area contributed by atoms with Crippen LogP contribution in [-0.2, 0) is 19.4 Å². The van der Waals surface area contributed by atoms with Gasteiger partial charge in [0.15, 0.2) is 5.76 Å². The highest BCUT2D eigenvalue weighted by Crippen LogP contribution is 2.17. The van der Waals surface area contributed by atoms with E-state index in [-0.39, 0.29) is 0 Å². The van der Waals surface area contributed by atoms with Gasteiger partial charge in [-0.05, 0) is 13.0 Å². The second kappa shape index (κ2) is 9.30. The Bertz CT molecular complexity index is 1330. The molecule has 0 bridgehead atoms. The topological polar surface area (TPSA) is 143 Å². The lowest BCUT2D eigenvalue weighted by atomic mass is 10.2. The molecule has 4 aromatic heterocycles. The summed E-state index contributed by atoms with van der Waals surface area (Å²) in [6.45, 7) is 2.32. The molecule has 0 unspecified atom stereocenters. The van der Waals surface area contributed by atoms with Crippen molar-refractivity contribution in [2.24, 2.45) is 0 Å². The molecule has 11 nitrogen and oxygen atoms in total. The fraction of sp³-hybridized carbons (Fsp3) is 0.182. The Morgan fingerprint density at radius 2 is 1.88 bits per heavy atom. The van der Waals surface area contributed by atoms with Gasteiger partial charge in [0, 0.05) is 36.7 Å². The zero-order chi connectivity index (χ0) is 22.5. The van der Waals surface area contributed by atoms with Crippen molar-refractivity contribution in [1.29, 1.82) is 0 Å². The first-order valence-electron chi connectivity index (χ1n) is 10.4. The van der Waals surface area contributed by atoms with Gasteiger partial charge < -0.3 is 19.7 Å². The van der Waals surface area contributed by atoms with E-state index in [1.165, 1.54) is 0 Å². The number of hydrogen-bond acceptors (Lipinski definition) is 10. The van der Waals surface area contributed by atoms with E-state index in [9.17, 15) is 0 Å². The molecule has 5 aromatic rings. The molecule has 0 radical (unpaired) electrons. The molecule has 5 rings (SSSR count). The quantitative estimate of drug-likeness (QED) is 0.308. The summed E-state index contributed by atoms with van der Waals surface area (Å²) in [5.74, 6) is 3.68. The van der Waals surface area contributed by atoms with Crippen molar-refractivity contribution in [3.05, 3.63) is 77.8 Å². The number of hydrogen-bond donors (Lipinski definition) is 3. The van der Waals surface area contributed by atoms with Gasteiger partial charge in [-0.25, -0.2) is 4.98 Å². The molecule has 4 heterocycles. The van der Waals surface area contributed by atoms with Gasteiger partial charge in [-0.1, -0.05) is 40.6 Å². The summed E-state index contributed by atoms with van der Waals surface area (Å²) >= 11 is 0. The number of aromatic nitrogens is 7. The summed E-state index contributed by atoms with van der Waals surface area (Å²) in [6, 6.07) is 15.3. The highest BCUT2D eigenvalue weighted by atomic mass is 16.5. The van der Waals surface area contributed by atoms with Crippen LogP contribution in [-0.4, -0.2) is 35.5 Å². The summed E-state index contributed by atoms with van der Waals surface area (Å²) in [6.07, 6.45) is 2.91. The molecule has 0 fully saturated rings. The van der Waals surface area contributed by atoms with Crippen LogP contribution in [0, 0.1) is 6.92 Å². The Labute approximate surface area is 188 Å². The summed E-state index contributed by atoms with van der Waals surface area (Å²) in [7, 11) is 0. The van der Waals surface area contributed by atoms with E-state index >= 15 is 0 Å². The van der Waals surface area contributed by atoms with Crippen LogP contribution in [0.3, 0.4) is 0 Å². The average Bonchev–Trinajstić information content (AvgIpc) is 3.59. The van der Waals surface area contributed by atoms with E-state index in [1.54, 1.807) is 12.3 Å². The largest absolute Gasteiger partial charge is 0.359 e. The van der Waals surface area contributed by atoms with Crippen LogP contribution in [0.15, 0.2) is 63.8 Å². The van der Waals surface area contributed by atoms with Gasteiger partial charge in [-0.15, -0.1) is 0 Å². The van der Waals surface area contributed by atoms with E-state index in [2.05, 4.69) is 46.1 Å². The lowest BCUT2D eigenvalue weighted by Gasteiger charge is -2.05. The van der Waals surface area contributed by atoms with Crippen molar-refractivity contribution >= 4 is 17.6 Å². The molecule has 0 aliphatic carbocycles. The first-order chi connectivity index (χ1) is 16.2. The third kappa shape index (κ3) is 5.21. The normalized spacial score (nSPS) is 10.9. The van der Waals surface area contributed by atoms with Gasteiger partial charge in [0.1, 0.15) is 11.6 Å². The Hall–Kier alpha value is -4.54. The standard InChI is InChI=1S/C22H21N9O2/c1-14-11-17(32-30-14)13-24-22-23-10-9-18(26-22)25-19-12-16(28-29-19)7-8-20-27-21(31-33-20)15-5-3-2-4-6-15/h2-6,9-12H,7-8,13H2,1H3,(H3,23,24,25,26,28,29). The van der Waals surface area contributed by atoms with Crippen LogP contribution in [0.2, 0.25) is 0 Å². The van der Waals surface area contributed by atoms with Gasteiger partial charge >= 0.3 is 0 Å². The number of aryl methyl sites for hydroxylation is 3. The molecule has 0 spiro atoms. The number of rotatable bonds is 9. The Morgan fingerprint density at radius 3 is 2.73 bits per heavy atom. The molecule has 0 atom stereocenters. The number of benzene rings is 1. The lowest BCUT2D eigenvalue weighted by molar-refractivity contribution is 0.378. The van der Waals surface area contributed by atoms with Crippen molar-refractivity contribution < 1.29 is 9.05 Å². The van der Waals surface area contributed by atoms with Gasteiger partial charge in [0.05, 0.1) is 17.9 Å². The molecular formula is C22H21N9O2. The maximum atomic E-state index is 5.36. The summed E-state index contributed by atoms with van der Waals surface area (Å²) in [5, 5.41) is 21.5. The molecule has 3 N–H and O–H groups in total. The van der Waals surface area contributed by atoms with Crippen LogP contribution in [0.1, 0.15) is 23.0 Å². The minimum atomic E-state index is 0.445. The van der Waals surface area contributed by atoms with Crippen LogP contribution in [0.5, 0.6) is 0 Å². The van der Waals surface area contributed by atoms with Crippen molar-refractivity contribution in [3.63, 3.8) is 0 Å². The molecule has 33 heavy (non-hydrogen) atoms. The second-order valence-electron chi connectivity index (χ2n) is 7.33. The van der Waals surface area contributed by atoms with Crippen molar-refractivity contribution in [3.8, 4) is 11.4 Å². The predicted molar refractivity (Wildman–Crippen MR) is 120 cm³/mol. The Morgan fingerprint density at radius 1 is 0.970 bits per heavy atom. The first-order valence-corrected chi connectivity index (χ1v) is 10.4. The molecule has 11 heteroatoms. The molecule has 0 saturated heterocycles. The van der Waals surface area contributed by atoms with E-state index in [0.717, 1.165) is 22.8 Å². The highest BCUT2D eigenvalue weighted by Gasteiger charge is 2.10. The van der Waals surface area contributed by atoms with Crippen LogP contribution in [0.4, 0.5) is 17.6 Å². The average molecular weight is 443 g/mol. The van der Waals surface area contributed by atoms with E-state index < -0.39 is 0 Å². The minimum absolute atomic E-state index is 0.445. The predicted octanol–water partition coefficient (Wildman–Crippen LogP) is 3.69. The summed E-state index contributed by atoms with van der Waals surface area (Å²) in [4.78, 5) is 13.1. The number of H-pyrrole nitrogens is 1. The van der Waals surface area contributed by atoms with Gasteiger partial charge in [0.2, 0.25) is 17.7 Å². The molecular weight excluding hydrogens is 422 g/mol. The first kappa shape index (κ1) is 20.4. The summed E-state index contributed by atoms with van der Waals surface area (Å²) in [5.41, 5.74) is 2.62. The zero-order valence-electron chi connectivity index (χ0n) is 17.8. The molecule has 0 aliphatic rings. The van der Waals surface area contributed by atoms with Gasteiger partial charge in [0.25, 0.3) is 0 Å². The highest BCUT2D eigenvalue weighted by molar-refractivity contribution is 5.54. The third-order valence-corrected chi connectivity index (χ3v) is 4.74. The van der Waals surface area contributed by atoms with E-state index in [0.29, 0.717) is 48.6 Å². The Kier molecular flexibility index (Phi) is 5.74. The smallest absolute Gasteiger partial charge is 0.227 e. The Balaban J connectivity index is 1.15. The maximum Gasteiger partial charge on any atom is 0.227 e. The molecule has 166 valence electrons. The summed E-state index contributed by atoms with van der Waals surface area (Å²) < 4.78 is 10.5. The van der Waals surface area contributed by atoms with Crippen molar-refractivity contribution in [2.45, 2.75) is 26.3 Å². The number of nitrogens with one attached hydrogen (secondary N) is 3. The van der Waals surface area contributed by atoms with Crippen LogP contribution < -0.4 is 10.6 Å². The zero-order valence-corrected chi connectivity index (χ0v) is 17.8. The lowest BCUT2D eigenvalue weighted by Crippen LogP contribution is -2.04. The molecule has 0 aliphatic heterocycles.